The molecule has 1 fully saturated rings. The molecule has 0 saturated carbocycles. The molecular weight excluding hydrogens is 298 g/mol. The summed E-state index contributed by atoms with van der Waals surface area (Å²) >= 11 is 0. The predicted octanol–water partition coefficient (Wildman–Crippen LogP) is -2.92. The predicted molar refractivity (Wildman–Crippen MR) is 77.2 cm³/mol. The summed E-state index contributed by atoms with van der Waals surface area (Å²) in [6, 6.07) is 8.94. The van der Waals surface area contributed by atoms with Crippen LogP contribution in [0.4, 0.5) is 0 Å². The largest absolute Gasteiger partial charge is 1.00 e. The van der Waals surface area contributed by atoms with Gasteiger partial charge < -0.3 is 29.3 Å². The molecule has 3 N–H and O–H groups in total. The normalized spacial score (nSPS) is 20.9. The van der Waals surface area contributed by atoms with Crippen LogP contribution in [0.25, 0.3) is 0 Å². The van der Waals surface area contributed by atoms with E-state index in [0.29, 0.717) is 6.61 Å². The molecule has 0 amide bonds. The Kier molecular flexibility index (Phi) is 8.01. The van der Waals surface area contributed by atoms with Crippen LogP contribution in [-0.4, -0.2) is 54.4 Å². The molecule has 1 saturated heterocycles. The van der Waals surface area contributed by atoms with Gasteiger partial charge >= 0.3 is 36.3 Å². The molecule has 0 aromatic heterocycles. The molecule has 0 bridgehead atoms. The van der Waals surface area contributed by atoms with Crippen molar-refractivity contribution in [1.29, 1.82) is 0 Å². The Hall–Kier alpha value is 0.0449. The second kappa shape index (κ2) is 8.77. The summed E-state index contributed by atoms with van der Waals surface area (Å²) in [6.45, 7) is -1.07. The average Bonchev–Trinajstić information content (AvgIpc) is 2.55. The molecule has 1 aliphatic rings. The average molecular weight is 320 g/mol. The first-order valence-corrected chi connectivity index (χ1v) is 7.05. The fourth-order valence-electron chi connectivity index (χ4n) is 2.11. The third-order valence-electron chi connectivity index (χ3n) is 3.88. The summed E-state index contributed by atoms with van der Waals surface area (Å²) in [5.41, 5.74) is 0.118. The van der Waals surface area contributed by atoms with Gasteiger partial charge in [-0.15, -0.1) is 0 Å². The van der Waals surface area contributed by atoms with Crippen LogP contribution >= 0.6 is 0 Å². The van der Waals surface area contributed by atoms with Crippen molar-refractivity contribution in [1.82, 2.24) is 0 Å². The molecule has 1 aromatic rings. The summed E-state index contributed by atoms with van der Waals surface area (Å²) in [7, 11) is 0. The number of aliphatic hydroxyl groups is 2. The molecule has 1 atom stereocenters. The number of hydrogen-bond acceptors (Lipinski definition) is 6. The van der Waals surface area contributed by atoms with E-state index in [-0.39, 0.29) is 56.0 Å². The number of ether oxygens (including phenoxy) is 1. The van der Waals surface area contributed by atoms with Crippen molar-refractivity contribution in [2.75, 3.05) is 26.4 Å². The van der Waals surface area contributed by atoms with Crippen LogP contribution in [0.5, 0.6) is 0 Å². The summed E-state index contributed by atoms with van der Waals surface area (Å²) in [5, 5.41) is 28.9. The summed E-state index contributed by atoms with van der Waals surface area (Å²) < 4.78 is 16.3. The first-order valence-electron chi connectivity index (χ1n) is 7.05. The van der Waals surface area contributed by atoms with E-state index in [1.54, 1.807) is 6.92 Å². The Balaban J connectivity index is 0.00000242. The number of rotatable bonds is 6. The van der Waals surface area contributed by atoms with E-state index in [4.69, 9.17) is 14.0 Å². The summed E-state index contributed by atoms with van der Waals surface area (Å²) in [4.78, 5) is 0. The second-order valence-corrected chi connectivity index (χ2v) is 5.67. The van der Waals surface area contributed by atoms with Gasteiger partial charge in [0.05, 0.1) is 25.2 Å². The van der Waals surface area contributed by atoms with E-state index >= 15 is 0 Å². The van der Waals surface area contributed by atoms with Crippen molar-refractivity contribution in [3.8, 4) is 0 Å². The maximum atomic E-state index is 10.4. The number of aliphatic hydroxyl groups excluding tert-OH is 2. The summed E-state index contributed by atoms with van der Waals surface area (Å²) in [5.74, 6) is 0. The van der Waals surface area contributed by atoms with Crippen molar-refractivity contribution >= 4 is 6.75 Å². The third-order valence-corrected chi connectivity index (χ3v) is 3.88. The minimum absolute atomic E-state index is 0. The Labute approximate surface area is 152 Å². The van der Waals surface area contributed by atoms with E-state index in [1.807, 2.05) is 30.3 Å². The molecule has 1 heterocycles. The summed E-state index contributed by atoms with van der Waals surface area (Å²) in [6.07, 6.45) is 0. The van der Waals surface area contributed by atoms with E-state index < -0.39 is 18.2 Å². The molecule has 2 rings (SSSR count). The van der Waals surface area contributed by atoms with Crippen LogP contribution < -0.4 is 29.6 Å². The fraction of sp³-hybridized carbons (Fsp3) is 0.571. The van der Waals surface area contributed by atoms with Gasteiger partial charge in [0.2, 0.25) is 0 Å². The van der Waals surface area contributed by atoms with Gasteiger partial charge in [-0.3, -0.25) is 0 Å². The number of hydrogen-bond donors (Lipinski definition) is 3. The van der Waals surface area contributed by atoms with E-state index in [1.165, 1.54) is 0 Å². The quantitative estimate of drug-likeness (QED) is 0.487. The first-order chi connectivity index (χ1) is 10.0. The smallest absolute Gasteiger partial charge is 0.558 e. The van der Waals surface area contributed by atoms with Gasteiger partial charge in [0, 0.05) is 19.2 Å². The van der Waals surface area contributed by atoms with Gasteiger partial charge in [-0.2, -0.15) is 0 Å². The van der Waals surface area contributed by atoms with Gasteiger partial charge in [-0.1, -0.05) is 37.3 Å². The molecule has 1 aromatic carbocycles. The third kappa shape index (κ3) is 4.77. The Morgan fingerprint density at radius 2 is 1.73 bits per heavy atom. The Morgan fingerprint density at radius 1 is 1.18 bits per heavy atom. The SMILES string of the molecule is C[C@H](OCc1ccccc1)[B-]1(O)OCC(CO)(CO)CO1.[Na+]. The Bertz CT molecular complexity index is 432. The van der Waals surface area contributed by atoms with Crippen LogP contribution in [0.3, 0.4) is 0 Å². The standard InChI is InChI=1S/C14H22BO6.Na/c1-12(19-7-13-5-3-2-4-6-13)15(18)20-10-14(8-16,9-17)11-21-15;/h2-6,12,16-18H,7-11H2,1H3;/q-1;+1/t12-;/m0./s1. The minimum Gasteiger partial charge on any atom is -0.558 e. The van der Waals surface area contributed by atoms with Gasteiger partial charge in [0.15, 0.2) is 0 Å². The molecule has 0 unspecified atom stereocenters. The van der Waals surface area contributed by atoms with E-state index in [0.717, 1.165) is 5.56 Å². The Morgan fingerprint density at radius 3 is 2.23 bits per heavy atom. The van der Waals surface area contributed by atoms with Crippen molar-refractivity contribution in [3.63, 3.8) is 0 Å². The fourth-order valence-corrected chi connectivity index (χ4v) is 2.11. The first kappa shape index (κ1) is 20.1. The molecule has 22 heavy (non-hydrogen) atoms. The second-order valence-electron chi connectivity index (χ2n) is 5.67. The maximum absolute atomic E-state index is 10.4. The van der Waals surface area contributed by atoms with Gasteiger partial charge in [-0.05, 0) is 5.56 Å². The molecule has 6 nitrogen and oxygen atoms in total. The van der Waals surface area contributed by atoms with Crippen LogP contribution in [0.15, 0.2) is 30.3 Å². The molecule has 0 radical (unpaired) electrons. The maximum Gasteiger partial charge on any atom is 1.00 e. The minimum atomic E-state index is -2.59. The molecule has 8 heteroatoms. The van der Waals surface area contributed by atoms with E-state index in [2.05, 4.69) is 0 Å². The molecule has 0 spiro atoms. The number of benzene rings is 1. The van der Waals surface area contributed by atoms with Crippen molar-refractivity contribution in [2.45, 2.75) is 19.5 Å². The van der Waals surface area contributed by atoms with Gasteiger partial charge in [0.1, 0.15) is 0 Å². The van der Waals surface area contributed by atoms with Gasteiger partial charge in [0.25, 0.3) is 0 Å². The van der Waals surface area contributed by atoms with Crippen LogP contribution in [0, 0.1) is 5.41 Å². The monoisotopic (exact) mass is 320 g/mol. The zero-order chi connectivity index (χ0) is 15.3. The zero-order valence-electron chi connectivity index (χ0n) is 13.1. The molecule has 118 valence electrons. The molecule has 1 aliphatic heterocycles. The van der Waals surface area contributed by atoms with Crippen molar-refractivity contribution in [2.24, 2.45) is 5.41 Å². The van der Waals surface area contributed by atoms with E-state index in [9.17, 15) is 15.2 Å². The van der Waals surface area contributed by atoms with Crippen molar-refractivity contribution in [3.05, 3.63) is 35.9 Å². The van der Waals surface area contributed by atoms with Crippen molar-refractivity contribution < 1.29 is 58.8 Å². The van der Waals surface area contributed by atoms with Crippen LogP contribution in [-0.2, 0) is 20.7 Å². The van der Waals surface area contributed by atoms with Crippen LogP contribution in [0.1, 0.15) is 12.5 Å². The topological polar surface area (TPSA) is 88.4 Å². The molecule has 0 aliphatic carbocycles. The zero-order valence-corrected chi connectivity index (χ0v) is 15.1. The molecular formula is C14H22BNaO6. The van der Waals surface area contributed by atoms with Crippen LogP contribution in [0.2, 0.25) is 0 Å². The van der Waals surface area contributed by atoms with Gasteiger partial charge in [-0.25, -0.2) is 0 Å².